The van der Waals surface area contributed by atoms with Crippen molar-refractivity contribution in [3.63, 3.8) is 0 Å². The first-order valence-corrected chi connectivity index (χ1v) is 9.07. The van der Waals surface area contributed by atoms with Crippen LogP contribution in [0.4, 0.5) is 0 Å². The number of methoxy groups -OCH3 is 1. The number of sulfonamides is 1. The van der Waals surface area contributed by atoms with Crippen LogP contribution in [-0.4, -0.2) is 48.7 Å². The topological polar surface area (TPSA) is 81.5 Å². The summed E-state index contributed by atoms with van der Waals surface area (Å²) in [5.74, 6) is -0.323. The number of carbonyl (C=O) groups is 1. The van der Waals surface area contributed by atoms with Crippen LogP contribution in [0.2, 0.25) is 0 Å². The number of hydrogen-bond acceptors (Lipinski definition) is 5. The van der Waals surface area contributed by atoms with Gasteiger partial charge in [-0.05, 0) is 24.7 Å². The number of aryl methyl sites for hydroxylation is 1. The molecular formula is C15H23N3O4S. The van der Waals surface area contributed by atoms with E-state index in [0.29, 0.717) is 18.7 Å². The molecule has 23 heavy (non-hydrogen) atoms. The lowest BCUT2D eigenvalue weighted by Crippen LogP contribution is -2.57. The molecule has 2 heterocycles. The average Bonchev–Trinajstić information content (AvgIpc) is 2.98. The third-order valence-corrected chi connectivity index (χ3v) is 7.54. The second kappa shape index (κ2) is 4.80. The molecule has 0 aromatic carbocycles. The molecule has 128 valence electrons. The molecule has 1 saturated carbocycles. The van der Waals surface area contributed by atoms with Crippen LogP contribution in [-0.2, 0) is 26.6 Å². The van der Waals surface area contributed by atoms with Gasteiger partial charge in [-0.15, -0.1) is 0 Å². The summed E-state index contributed by atoms with van der Waals surface area (Å²) >= 11 is 0. The Labute approximate surface area is 136 Å². The summed E-state index contributed by atoms with van der Waals surface area (Å²) in [6, 6.07) is 0. The lowest BCUT2D eigenvalue weighted by atomic mass is 9.48. The van der Waals surface area contributed by atoms with Gasteiger partial charge < -0.3 is 4.74 Å². The van der Waals surface area contributed by atoms with E-state index in [9.17, 15) is 13.2 Å². The molecule has 2 atom stereocenters. The number of ether oxygens (including phenoxy) is 1. The number of fused-ring (bicyclic) bond motifs is 1. The minimum absolute atomic E-state index is 0.0193. The first-order chi connectivity index (χ1) is 10.6. The molecule has 0 N–H and O–H groups in total. The highest BCUT2D eigenvalue weighted by atomic mass is 32.2. The van der Waals surface area contributed by atoms with Crippen molar-refractivity contribution in [3.05, 3.63) is 11.9 Å². The fraction of sp³-hybridized carbons (Fsp3) is 0.733. The molecule has 0 radical (unpaired) electrons. The van der Waals surface area contributed by atoms with Gasteiger partial charge in [-0.2, -0.15) is 9.40 Å². The maximum Gasteiger partial charge on any atom is 0.313 e. The van der Waals surface area contributed by atoms with Crippen LogP contribution >= 0.6 is 0 Å². The Morgan fingerprint density at radius 2 is 2.09 bits per heavy atom. The molecular weight excluding hydrogens is 318 g/mol. The van der Waals surface area contributed by atoms with Gasteiger partial charge in [-0.3, -0.25) is 9.48 Å². The molecule has 1 saturated heterocycles. The normalized spacial score (nSPS) is 29.9. The zero-order valence-corrected chi connectivity index (χ0v) is 15.0. The lowest BCUT2D eigenvalue weighted by Gasteiger charge is -2.54. The molecule has 1 aromatic heterocycles. The van der Waals surface area contributed by atoms with E-state index in [1.807, 2.05) is 0 Å². The molecule has 1 aliphatic heterocycles. The van der Waals surface area contributed by atoms with E-state index in [0.717, 1.165) is 0 Å². The molecule has 0 bridgehead atoms. The van der Waals surface area contributed by atoms with Crippen molar-refractivity contribution in [3.8, 4) is 0 Å². The van der Waals surface area contributed by atoms with Crippen LogP contribution in [0.3, 0.4) is 0 Å². The van der Waals surface area contributed by atoms with Crippen LogP contribution in [0.5, 0.6) is 0 Å². The monoisotopic (exact) mass is 341 g/mol. The van der Waals surface area contributed by atoms with Crippen molar-refractivity contribution in [1.82, 2.24) is 14.1 Å². The van der Waals surface area contributed by atoms with Gasteiger partial charge >= 0.3 is 5.97 Å². The number of carbonyl (C=O) groups excluding carboxylic acids is 1. The summed E-state index contributed by atoms with van der Waals surface area (Å²) in [5, 5.41) is 4.02. The van der Waals surface area contributed by atoms with Gasteiger partial charge in [0.1, 0.15) is 4.90 Å². The Hall–Kier alpha value is -1.41. The smallest absolute Gasteiger partial charge is 0.313 e. The number of rotatable bonds is 3. The van der Waals surface area contributed by atoms with Crippen LogP contribution < -0.4 is 0 Å². The van der Waals surface area contributed by atoms with Gasteiger partial charge in [0.2, 0.25) is 10.0 Å². The average molecular weight is 341 g/mol. The molecule has 0 spiro atoms. The third-order valence-electron chi connectivity index (χ3n) is 5.63. The van der Waals surface area contributed by atoms with E-state index in [-0.39, 0.29) is 28.7 Å². The Kier molecular flexibility index (Phi) is 3.43. The van der Waals surface area contributed by atoms with E-state index in [2.05, 4.69) is 18.9 Å². The fourth-order valence-electron chi connectivity index (χ4n) is 4.38. The first kappa shape index (κ1) is 16.4. The molecule has 2 aliphatic rings. The summed E-state index contributed by atoms with van der Waals surface area (Å²) in [4.78, 5) is 12.5. The van der Waals surface area contributed by atoms with Crippen LogP contribution in [0.25, 0.3) is 0 Å². The van der Waals surface area contributed by atoms with Gasteiger partial charge in [0.15, 0.2) is 0 Å². The minimum Gasteiger partial charge on any atom is -0.469 e. The Morgan fingerprint density at radius 1 is 1.43 bits per heavy atom. The Morgan fingerprint density at radius 3 is 2.57 bits per heavy atom. The van der Waals surface area contributed by atoms with E-state index in [1.54, 1.807) is 14.0 Å². The van der Waals surface area contributed by atoms with Gasteiger partial charge in [0.25, 0.3) is 0 Å². The number of nitrogens with zero attached hydrogens (tertiary/aromatic N) is 3. The summed E-state index contributed by atoms with van der Waals surface area (Å²) in [6.45, 7) is 6.41. The van der Waals surface area contributed by atoms with Gasteiger partial charge in [0.05, 0.1) is 24.4 Å². The Bertz CT molecular complexity index is 768. The van der Waals surface area contributed by atoms with E-state index >= 15 is 0 Å². The Balaban J connectivity index is 1.97. The van der Waals surface area contributed by atoms with Gasteiger partial charge in [0, 0.05) is 20.1 Å². The number of hydrogen-bond donors (Lipinski definition) is 0. The fourth-order valence-corrected chi connectivity index (χ4v) is 6.09. The van der Waals surface area contributed by atoms with E-state index in [4.69, 9.17) is 4.74 Å². The maximum absolute atomic E-state index is 13.0. The molecule has 0 unspecified atom stereocenters. The SMILES string of the molecule is COC(=O)[C@@]12CN(S(=O)(=O)c3cnn(C)c3C)C[C@@H]1C(C)(C)C2. The van der Waals surface area contributed by atoms with Crippen molar-refractivity contribution < 1.29 is 17.9 Å². The van der Waals surface area contributed by atoms with Crippen molar-refractivity contribution in [2.24, 2.45) is 23.8 Å². The largest absolute Gasteiger partial charge is 0.469 e. The highest BCUT2D eigenvalue weighted by Crippen LogP contribution is 2.63. The maximum atomic E-state index is 13.0. The van der Waals surface area contributed by atoms with Crippen LogP contribution in [0.1, 0.15) is 26.0 Å². The predicted molar refractivity (Wildman–Crippen MR) is 83.0 cm³/mol. The van der Waals surface area contributed by atoms with Crippen molar-refractivity contribution in [2.45, 2.75) is 32.1 Å². The zero-order chi connectivity index (χ0) is 17.2. The first-order valence-electron chi connectivity index (χ1n) is 7.63. The predicted octanol–water partition coefficient (Wildman–Crippen LogP) is 0.938. The van der Waals surface area contributed by atoms with Crippen LogP contribution in [0.15, 0.2) is 11.1 Å². The van der Waals surface area contributed by atoms with Crippen LogP contribution in [0, 0.1) is 23.7 Å². The zero-order valence-electron chi connectivity index (χ0n) is 14.2. The summed E-state index contributed by atoms with van der Waals surface area (Å²) in [5.41, 5.74) is -0.181. The molecule has 7 nitrogen and oxygen atoms in total. The van der Waals surface area contributed by atoms with Crippen molar-refractivity contribution in [2.75, 3.05) is 20.2 Å². The van der Waals surface area contributed by atoms with E-state index in [1.165, 1.54) is 22.3 Å². The second-order valence-corrected chi connectivity index (χ2v) is 9.29. The molecule has 3 rings (SSSR count). The molecule has 0 amide bonds. The van der Waals surface area contributed by atoms with Crippen molar-refractivity contribution in [1.29, 1.82) is 0 Å². The van der Waals surface area contributed by atoms with E-state index < -0.39 is 15.4 Å². The van der Waals surface area contributed by atoms with Crippen molar-refractivity contribution >= 4 is 16.0 Å². The summed E-state index contributed by atoms with van der Waals surface area (Å²) in [6.07, 6.45) is 2.02. The second-order valence-electron chi connectivity index (χ2n) is 7.38. The standard InChI is InChI=1S/C15H23N3O4S/c1-10-11(6-16-17(10)4)23(20,21)18-7-12-14(2,3)8-15(12,9-18)13(19)22-5/h6,12H,7-9H2,1-5H3/t12-,15+/m1/s1. The number of esters is 1. The molecule has 8 heteroatoms. The molecule has 2 fully saturated rings. The third kappa shape index (κ3) is 2.07. The summed E-state index contributed by atoms with van der Waals surface area (Å²) in [7, 11) is -0.590. The lowest BCUT2D eigenvalue weighted by molar-refractivity contribution is -0.174. The molecule has 1 aliphatic carbocycles. The minimum atomic E-state index is -3.66. The van der Waals surface area contributed by atoms with Gasteiger partial charge in [-0.1, -0.05) is 13.8 Å². The summed E-state index contributed by atoms with van der Waals surface area (Å²) < 4.78 is 33.9. The highest BCUT2D eigenvalue weighted by Gasteiger charge is 2.68. The van der Waals surface area contributed by atoms with Gasteiger partial charge in [-0.25, -0.2) is 8.42 Å². The molecule has 1 aromatic rings. The number of aromatic nitrogens is 2. The highest BCUT2D eigenvalue weighted by molar-refractivity contribution is 7.89. The quantitative estimate of drug-likeness (QED) is 0.764.